The van der Waals surface area contributed by atoms with Crippen molar-refractivity contribution in [2.45, 2.75) is 32.3 Å². The van der Waals surface area contributed by atoms with E-state index in [1.807, 2.05) is 36.6 Å². The molecule has 0 bridgehead atoms. The number of aryl methyl sites for hydroxylation is 1. The van der Waals surface area contributed by atoms with Crippen molar-refractivity contribution < 1.29 is 9.90 Å². The van der Waals surface area contributed by atoms with Crippen molar-refractivity contribution in [3.8, 4) is 10.6 Å². The molecular weight excluding hydrogens is 310 g/mol. The van der Waals surface area contributed by atoms with Gasteiger partial charge in [0.1, 0.15) is 5.01 Å². The van der Waals surface area contributed by atoms with E-state index in [4.69, 9.17) is 0 Å². The Morgan fingerprint density at radius 2 is 2.13 bits per heavy atom. The Balaban J connectivity index is 1.52. The summed E-state index contributed by atoms with van der Waals surface area (Å²) >= 11 is 1.61. The number of amides is 2. The fourth-order valence-corrected chi connectivity index (χ4v) is 3.64. The highest BCUT2D eigenvalue weighted by atomic mass is 32.1. The van der Waals surface area contributed by atoms with Crippen molar-refractivity contribution in [2.75, 3.05) is 11.9 Å². The standard InChI is InChI=1S/C17H21N3O2S/c1-11-10-23-16(19-11)12-5-7-14(8-6-12)20-17(22)18-9-13-3-2-4-15(13)21/h5-8,10,13,15,21H,2-4,9H2,1H3,(H2,18,20,22)/t13-,15+/m0/s1. The molecule has 1 saturated carbocycles. The Morgan fingerprint density at radius 1 is 1.35 bits per heavy atom. The van der Waals surface area contributed by atoms with Crippen LogP contribution in [0.25, 0.3) is 10.6 Å². The van der Waals surface area contributed by atoms with Gasteiger partial charge in [-0.1, -0.05) is 6.42 Å². The molecule has 6 heteroatoms. The first kappa shape index (κ1) is 16.0. The normalized spacial score (nSPS) is 20.4. The number of aliphatic hydroxyl groups is 1. The number of carbonyl (C=O) groups excluding carboxylic acids is 1. The summed E-state index contributed by atoms with van der Waals surface area (Å²) in [7, 11) is 0. The Bertz CT molecular complexity index is 669. The number of hydrogen-bond acceptors (Lipinski definition) is 4. The molecule has 0 unspecified atom stereocenters. The molecule has 3 rings (SSSR count). The molecule has 2 atom stereocenters. The number of carbonyl (C=O) groups is 1. The minimum absolute atomic E-state index is 0.177. The molecule has 2 amide bonds. The molecule has 0 aliphatic heterocycles. The van der Waals surface area contributed by atoms with Crippen molar-refractivity contribution in [1.82, 2.24) is 10.3 Å². The molecule has 2 aromatic rings. The molecule has 122 valence electrons. The van der Waals surface area contributed by atoms with E-state index >= 15 is 0 Å². The third-order valence-corrected chi connectivity index (χ3v) is 5.16. The summed E-state index contributed by atoms with van der Waals surface area (Å²) in [5.41, 5.74) is 2.80. The second kappa shape index (κ2) is 7.10. The fourth-order valence-electron chi connectivity index (χ4n) is 2.84. The van der Waals surface area contributed by atoms with Crippen LogP contribution in [0.1, 0.15) is 25.0 Å². The van der Waals surface area contributed by atoms with Crippen LogP contribution in [0.4, 0.5) is 10.5 Å². The van der Waals surface area contributed by atoms with Crippen LogP contribution in [0.2, 0.25) is 0 Å². The van der Waals surface area contributed by atoms with Crippen molar-refractivity contribution in [1.29, 1.82) is 0 Å². The number of thiazole rings is 1. The van der Waals surface area contributed by atoms with Gasteiger partial charge in [0.25, 0.3) is 0 Å². The summed E-state index contributed by atoms with van der Waals surface area (Å²) in [6.07, 6.45) is 2.57. The van der Waals surface area contributed by atoms with Crippen LogP contribution < -0.4 is 10.6 Å². The second-order valence-electron chi connectivity index (χ2n) is 5.96. The van der Waals surface area contributed by atoms with Crippen LogP contribution in [0.5, 0.6) is 0 Å². The molecule has 1 aliphatic rings. The molecule has 1 fully saturated rings. The SMILES string of the molecule is Cc1csc(-c2ccc(NC(=O)NC[C@@H]3CCC[C@H]3O)cc2)n1. The molecular formula is C17H21N3O2S. The van der Waals surface area contributed by atoms with Gasteiger partial charge < -0.3 is 15.7 Å². The lowest BCUT2D eigenvalue weighted by molar-refractivity contribution is 0.133. The number of urea groups is 1. The lowest BCUT2D eigenvalue weighted by Gasteiger charge is -2.15. The third kappa shape index (κ3) is 4.09. The van der Waals surface area contributed by atoms with E-state index in [1.165, 1.54) is 0 Å². The van der Waals surface area contributed by atoms with E-state index in [1.54, 1.807) is 11.3 Å². The van der Waals surface area contributed by atoms with E-state index in [2.05, 4.69) is 15.6 Å². The molecule has 3 N–H and O–H groups in total. The molecule has 1 aromatic heterocycles. The van der Waals surface area contributed by atoms with Gasteiger partial charge in [-0.25, -0.2) is 9.78 Å². The Hall–Kier alpha value is -1.92. The summed E-state index contributed by atoms with van der Waals surface area (Å²) < 4.78 is 0. The van der Waals surface area contributed by atoms with Crippen LogP contribution in [-0.2, 0) is 0 Å². The van der Waals surface area contributed by atoms with Gasteiger partial charge in [0.15, 0.2) is 0 Å². The zero-order valence-electron chi connectivity index (χ0n) is 13.1. The number of aliphatic hydroxyl groups excluding tert-OH is 1. The number of hydrogen-bond donors (Lipinski definition) is 3. The number of rotatable bonds is 4. The predicted octanol–water partition coefficient (Wildman–Crippen LogP) is 3.40. The molecule has 0 radical (unpaired) electrons. The average Bonchev–Trinajstić information content (AvgIpc) is 3.15. The number of aromatic nitrogens is 1. The average molecular weight is 331 g/mol. The zero-order valence-corrected chi connectivity index (χ0v) is 13.9. The zero-order chi connectivity index (χ0) is 16.2. The minimum Gasteiger partial charge on any atom is -0.393 e. The molecule has 1 aromatic carbocycles. The van der Waals surface area contributed by atoms with E-state index in [0.29, 0.717) is 6.54 Å². The van der Waals surface area contributed by atoms with Gasteiger partial charge in [-0.3, -0.25) is 0 Å². The summed E-state index contributed by atoms with van der Waals surface area (Å²) in [4.78, 5) is 16.4. The number of nitrogens with zero attached hydrogens (tertiary/aromatic N) is 1. The molecule has 0 spiro atoms. The van der Waals surface area contributed by atoms with Crippen LogP contribution in [0.3, 0.4) is 0 Å². The maximum absolute atomic E-state index is 11.9. The summed E-state index contributed by atoms with van der Waals surface area (Å²) in [5.74, 6) is 0.177. The largest absolute Gasteiger partial charge is 0.393 e. The van der Waals surface area contributed by atoms with Crippen LogP contribution >= 0.6 is 11.3 Å². The van der Waals surface area contributed by atoms with Crippen LogP contribution in [-0.4, -0.2) is 28.8 Å². The van der Waals surface area contributed by atoms with Crippen LogP contribution in [0, 0.1) is 12.8 Å². The smallest absolute Gasteiger partial charge is 0.319 e. The Labute approximate surface area is 139 Å². The second-order valence-corrected chi connectivity index (χ2v) is 6.82. The van der Waals surface area contributed by atoms with Crippen molar-refractivity contribution in [2.24, 2.45) is 5.92 Å². The van der Waals surface area contributed by atoms with Gasteiger partial charge in [0, 0.05) is 34.8 Å². The topological polar surface area (TPSA) is 74.2 Å². The lowest BCUT2D eigenvalue weighted by atomic mass is 10.1. The highest BCUT2D eigenvalue weighted by Gasteiger charge is 2.25. The van der Waals surface area contributed by atoms with Gasteiger partial charge >= 0.3 is 6.03 Å². The van der Waals surface area contributed by atoms with E-state index < -0.39 is 0 Å². The van der Waals surface area contributed by atoms with Crippen molar-refractivity contribution in [3.63, 3.8) is 0 Å². The van der Waals surface area contributed by atoms with E-state index in [-0.39, 0.29) is 18.1 Å². The molecule has 23 heavy (non-hydrogen) atoms. The van der Waals surface area contributed by atoms with Crippen LogP contribution in [0.15, 0.2) is 29.6 Å². The first-order valence-electron chi connectivity index (χ1n) is 7.87. The predicted molar refractivity (Wildman–Crippen MR) is 92.7 cm³/mol. The van der Waals surface area contributed by atoms with Gasteiger partial charge in [0.2, 0.25) is 0 Å². The minimum atomic E-state index is -0.281. The van der Waals surface area contributed by atoms with E-state index in [9.17, 15) is 9.90 Å². The number of nitrogens with one attached hydrogen (secondary N) is 2. The van der Waals surface area contributed by atoms with Crippen molar-refractivity contribution in [3.05, 3.63) is 35.3 Å². The first-order chi connectivity index (χ1) is 11.1. The maximum Gasteiger partial charge on any atom is 0.319 e. The number of benzene rings is 1. The van der Waals surface area contributed by atoms with Gasteiger partial charge in [-0.15, -0.1) is 11.3 Å². The van der Waals surface area contributed by atoms with Gasteiger partial charge in [0.05, 0.1) is 6.10 Å². The lowest BCUT2D eigenvalue weighted by Crippen LogP contribution is -2.35. The number of anilines is 1. The maximum atomic E-state index is 11.9. The first-order valence-corrected chi connectivity index (χ1v) is 8.75. The van der Waals surface area contributed by atoms with Gasteiger partial charge in [-0.2, -0.15) is 0 Å². The monoisotopic (exact) mass is 331 g/mol. The Kier molecular flexibility index (Phi) is 4.93. The van der Waals surface area contributed by atoms with Gasteiger partial charge in [-0.05, 0) is 44.0 Å². The molecule has 5 nitrogen and oxygen atoms in total. The highest BCUT2D eigenvalue weighted by Crippen LogP contribution is 2.25. The summed E-state index contributed by atoms with van der Waals surface area (Å²) in [6.45, 7) is 2.49. The van der Waals surface area contributed by atoms with Crippen molar-refractivity contribution >= 4 is 23.1 Å². The summed E-state index contributed by atoms with van der Waals surface area (Å²) in [5, 5.41) is 18.4. The Morgan fingerprint density at radius 3 is 2.74 bits per heavy atom. The summed E-state index contributed by atoms with van der Waals surface area (Å²) in [6, 6.07) is 7.41. The fraction of sp³-hybridized carbons (Fsp3) is 0.412. The van der Waals surface area contributed by atoms with E-state index in [0.717, 1.165) is 41.2 Å². The quantitative estimate of drug-likeness (QED) is 0.804. The highest BCUT2D eigenvalue weighted by molar-refractivity contribution is 7.13. The third-order valence-electron chi connectivity index (χ3n) is 4.15. The molecule has 1 heterocycles. The molecule has 0 saturated heterocycles. The molecule has 1 aliphatic carbocycles.